The number of thiophene rings is 1. The average Bonchev–Trinajstić information content (AvgIpc) is 2.89. The van der Waals surface area contributed by atoms with Crippen molar-refractivity contribution in [3.8, 4) is 11.5 Å². The molecule has 84 valence electrons. The highest BCUT2D eigenvalue weighted by Gasteiger charge is 2.27. The van der Waals surface area contributed by atoms with Gasteiger partial charge in [0.1, 0.15) is 11.5 Å². The number of phenols is 1. The Balaban J connectivity index is 2.02. The predicted molar refractivity (Wildman–Crippen MR) is 65.4 cm³/mol. The third kappa shape index (κ3) is 1.72. The van der Waals surface area contributed by atoms with Gasteiger partial charge in [0.2, 0.25) is 5.78 Å². The second kappa shape index (κ2) is 3.75. The first-order valence-electron chi connectivity index (χ1n) is 5.05. The Bertz CT molecular complexity index is 612. The van der Waals surface area contributed by atoms with Crippen molar-refractivity contribution in [3.05, 3.63) is 51.9 Å². The van der Waals surface area contributed by atoms with Crippen molar-refractivity contribution in [3.63, 3.8) is 0 Å². The summed E-state index contributed by atoms with van der Waals surface area (Å²) in [5.74, 6) is 0.660. The summed E-state index contributed by atoms with van der Waals surface area (Å²) < 4.78 is 5.43. The van der Waals surface area contributed by atoms with E-state index in [1.165, 1.54) is 23.5 Å². The van der Waals surface area contributed by atoms with E-state index in [9.17, 15) is 9.90 Å². The molecule has 0 radical (unpaired) electrons. The molecule has 0 bridgehead atoms. The highest BCUT2D eigenvalue weighted by Crippen LogP contribution is 2.34. The molecule has 3 nitrogen and oxygen atoms in total. The number of carbonyl (C=O) groups excluding carboxylic acids is 1. The van der Waals surface area contributed by atoms with Crippen LogP contribution in [0.3, 0.4) is 0 Å². The Morgan fingerprint density at radius 3 is 2.94 bits per heavy atom. The summed E-state index contributed by atoms with van der Waals surface area (Å²) in [4.78, 5) is 12.9. The fourth-order valence-electron chi connectivity index (χ4n) is 1.68. The minimum Gasteiger partial charge on any atom is -0.508 e. The summed E-state index contributed by atoms with van der Waals surface area (Å²) in [6.07, 6.45) is 1.71. The summed E-state index contributed by atoms with van der Waals surface area (Å²) in [6.45, 7) is 0. The predicted octanol–water partition coefficient (Wildman–Crippen LogP) is 3.07. The van der Waals surface area contributed by atoms with E-state index in [2.05, 4.69) is 0 Å². The third-order valence-electron chi connectivity index (χ3n) is 2.47. The summed E-state index contributed by atoms with van der Waals surface area (Å²) >= 11 is 1.54. The number of allylic oxidation sites excluding steroid dienone is 1. The molecule has 0 atom stereocenters. The molecule has 0 aliphatic carbocycles. The molecule has 3 rings (SSSR count). The van der Waals surface area contributed by atoms with Crippen LogP contribution in [-0.2, 0) is 0 Å². The summed E-state index contributed by atoms with van der Waals surface area (Å²) in [5, 5.41) is 11.3. The minimum atomic E-state index is -0.145. The molecule has 0 spiro atoms. The van der Waals surface area contributed by atoms with E-state index < -0.39 is 0 Å². The van der Waals surface area contributed by atoms with Crippen molar-refractivity contribution in [2.75, 3.05) is 0 Å². The molecule has 1 aliphatic heterocycles. The molecule has 0 fully saturated rings. The third-order valence-corrected chi connectivity index (χ3v) is 3.29. The van der Waals surface area contributed by atoms with Gasteiger partial charge in [-0.15, -0.1) is 11.3 Å². The Hall–Kier alpha value is -2.07. The van der Waals surface area contributed by atoms with Crippen LogP contribution in [0.5, 0.6) is 11.5 Å². The maximum Gasteiger partial charge on any atom is 0.232 e. The van der Waals surface area contributed by atoms with Crippen LogP contribution in [0.15, 0.2) is 41.5 Å². The molecule has 17 heavy (non-hydrogen) atoms. The maximum absolute atomic E-state index is 12.0. The van der Waals surface area contributed by atoms with Crippen LogP contribution in [-0.4, -0.2) is 10.9 Å². The lowest BCUT2D eigenvalue weighted by Crippen LogP contribution is -1.97. The van der Waals surface area contributed by atoms with Gasteiger partial charge in [-0.2, -0.15) is 0 Å². The van der Waals surface area contributed by atoms with Gasteiger partial charge in [0.25, 0.3) is 0 Å². The topological polar surface area (TPSA) is 46.5 Å². The number of hydrogen-bond donors (Lipinski definition) is 1. The van der Waals surface area contributed by atoms with Crippen molar-refractivity contribution < 1.29 is 14.6 Å². The Kier molecular flexibility index (Phi) is 2.23. The van der Waals surface area contributed by atoms with Gasteiger partial charge in [0, 0.05) is 17.0 Å². The van der Waals surface area contributed by atoms with Gasteiger partial charge in [-0.3, -0.25) is 4.79 Å². The quantitative estimate of drug-likeness (QED) is 0.784. The number of benzene rings is 1. The maximum atomic E-state index is 12.0. The monoisotopic (exact) mass is 244 g/mol. The van der Waals surface area contributed by atoms with Crippen LogP contribution in [0, 0.1) is 0 Å². The van der Waals surface area contributed by atoms with Gasteiger partial charge in [-0.25, -0.2) is 0 Å². The second-order valence-corrected chi connectivity index (χ2v) is 4.61. The zero-order valence-corrected chi connectivity index (χ0v) is 9.53. The first-order chi connectivity index (χ1) is 8.24. The van der Waals surface area contributed by atoms with E-state index in [4.69, 9.17) is 4.74 Å². The van der Waals surface area contributed by atoms with Crippen molar-refractivity contribution in [1.29, 1.82) is 0 Å². The van der Waals surface area contributed by atoms with Crippen molar-refractivity contribution in [2.45, 2.75) is 0 Å². The molecule has 0 saturated heterocycles. The molecule has 1 aromatic carbocycles. The molecular formula is C13H8O3S. The number of carbonyl (C=O) groups is 1. The normalized spacial score (nSPS) is 16.0. The lowest BCUT2D eigenvalue weighted by Gasteiger charge is -1.97. The molecule has 0 amide bonds. The molecular weight excluding hydrogens is 236 g/mol. The fraction of sp³-hybridized carbons (Fsp3) is 0. The number of fused-ring (bicyclic) bond motifs is 1. The molecule has 4 heteroatoms. The molecule has 0 saturated carbocycles. The van der Waals surface area contributed by atoms with Crippen LogP contribution in [0.1, 0.15) is 15.2 Å². The smallest absolute Gasteiger partial charge is 0.232 e. The summed E-state index contributed by atoms with van der Waals surface area (Å²) in [5.41, 5.74) is 0.491. The van der Waals surface area contributed by atoms with Gasteiger partial charge in [-0.1, -0.05) is 6.07 Å². The number of rotatable bonds is 1. The lowest BCUT2D eigenvalue weighted by molar-refractivity contribution is 0.101. The Labute approximate surface area is 102 Å². The molecule has 2 heterocycles. The minimum absolute atomic E-state index is 0.0916. The van der Waals surface area contributed by atoms with Gasteiger partial charge in [0.15, 0.2) is 5.76 Å². The molecule has 0 unspecified atom stereocenters. The van der Waals surface area contributed by atoms with Gasteiger partial charge in [0.05, 0.1) is 5.56 Å². The van der Waals surface area contributed by atoms with Crippen LogP contribution in [0.4, 0.5) is 0 Å². The number of phenolic OH excluding ortho intramolecular Hbond substituents is 1. The number of aromatic hydroxyl groups is 1. The number of hydrogen-bond acceptors (Lipinski definition) is 4. The van der Waals surface area contributed by atoms with E-state index in [0.717, 1.165) is 4.88 Å². The van der Waals surface area contributed by atoms with Gasteiger partial charge in [-0.05, 0) is 23.6 Å². The molecule has 2 aromatic rings. The van der Waals surface area contributed by atoms with Crippen molar-refractivity contribution in [1.82, 2.24) is 0 Å². The van der Waals surface area contributed by atoms with Crippen LogP contribution in [0.2, 0.25) is 0 Å². The SMILES string of the molecule is O=C1/C(=C\c2cccs2)Oc2cc(O)ccc21. The molecule has 1 aliphatic rings. The molecule has 1 N–H and O–H groups in total. The lowest BCUT2D eigenvalue weighted by atomic mass is 10.1. The first kappa shape index (κ1) is 10.1. The zero-order valence-electron chi connectivity index (χ0n) is 8.71. The number of Topliss-reactive ketones (excluding diaryl/α,β-unsaturated/α-hetero) is 1. The highest BCUT2D eigenvalue weighted by molar-refractivity contribution is 7.10. The largest absolute Gasteiger partial charge is 0.508 e. The number of ether oxygens (including phenoxy) is 1. The van der Waals surface area contributed by atoms with Crippen LogP contribution < -0.4 is 4.74 Å². The van der Waals surface area contributed by atoms with E-state index in [1.54, 1.807) is 12.1 Å². The average molecular weight is 244 g/mol. The highest BCUT2D eigenvalue weighted by atomic mass is 32.1. The zero-order chi connectivity index (χ0) is 11.8. The van der Waals surface area contributed by atoms with Crippen LogP contribution >= 0.6 is 11.3 Å². The van der Waals surface area contributed by atoms with Gasteiger partial charge < -0.3 is 9.84 Å². The second-order valence-electron chi connectivity index (χ2n) is 3.64. The summed E-state index contributed by atoms with van der Waals surface area (Å²) in [7, 11) is 0. The number of ketones is 1. The fourth-order valence-corrected chi connectivity index (χ4v) is 2.32. The van der Waals surface area contributed by atoms with Crippen molar-refractivity contribution >= 4 is 23.2 Å². The Morgan fingerprint density at radius 2 is 2.18 bits per heavy atom. The first-order valence-corrected chi connectivity index (χ1v) is 5.93. The Morgan fingerprint density at radius 1 is 1.29 bits per heavy atom. The summed E-state index contributed by atoms with van der Waals surface area (Å²) in [6, 6.07) is 8.32. The van der Waals surface area contributed by atoms with E-state index in [-0.39, 0.29) is 11.5 Å². The van der Waals surface area contributed by atoms with Gasteiger partial charge >= 0.3 is 0 Å². The van der Waals surface area contributed by atoms with Crippen molar-refractivity contribution in [2.24, 2.45) is 0 Å². The van der Waals surface area contributed by atoms with Crippen LogP contribution in [0.25, 0.3) is 6.08 Å². The standard InChI is InChI=1S/C13H8O3S/c14-8-3-4-10-11(6-8)16-12(13(10)15)7-9-2-1-5-17-9/h1-7,14H/b12-7+. The van der Waals surface area contributed by atoms with E-state index >= 15 is 0 Å². The van der Waals surface area contributed by atoms with E-state index in [0.29, 0.717) is 17.1 Å². The molecule has 1 aromatic heterocycles. The van der Waals surface area contributed by atoms with E-state index in [1.807, 2.05) is 17.5 Å².